The second kappa shape index (κ2) is 4.80. The summed E-state index contributed by atoms with van der Waals surface area (Å²) in [6.07, 6.45) is 6.99. The normalized spacial score (nSPS) is 26.0. The van der Waals surface area contributed by atoms with Gasteiger partial charge in [0.05, 0.1) is 5.37 Å². The number of carbonyl (C=O) groups is 2. The Kier molecular flexibility index (Phi) is 3.16. The molecule has 1 aliphatic heterocycles. The van der Waals surface area contributed by atoms with Gasteiger partial charge in [0, 0.05) is 29.5 Å². The predicted molar refractivity (Wildman–Crippen MR) is 70.7 cm³/mol. The van der Waals surface area contributed by atoms with Crippen molar-refractivity contribution >= 4 is 23.5 Å². The molecule has 2 N–H and O–H groups in total. The van der Waals surface area contributed by atoms with Crippen LogP contribution in [0.3, 0.4) is 0 Å². The highest BCUT2D eigenvalue weighted by atomic mass is 32.2. The van der Waals surface area contributed by atoms with E-state index in [-0.39, 0.29) is 23.0 Å². The lowest BCUT2D eigenvalue weighted by Gasteiger charge is -2.11. The van der Waals surface area contributed by atoms with Crippen molar-refractivity contribution in [3.63, 3.8) is 0 Å². The second-order valence-corrected chi connectivity index (χ2v) is 6.22. The standard InChI is InChI=1S/C13H16N2O2S/c16-9-3-4-10-11(7-9)18-12(15-10)5-6-14-13(17)8-1-2-8/h3-4,8,12,15H,1-2,5-7H2,(H,14,17). The van der Waals surface area contributed by atoms with E-state index >= 15 is 0 Å². The van der Waals surface area contributed by atoms with Gasteiger partial charge in [-0.25, -0.2) is 0 Å². The average Bonchev–Trinajstić information content (AvgIpc) is 3.11. The molecule has 1 unspecified atom stereocenters. The van der Waals surface area contributed by atoms with Crippen LogP contribution < -0.4 is 10.6 Å². The van der Waals surface area contributed by atoms with Crippen molar-refractivity contribution in [3.8, 4) is 0 Å². The van der Waals surface area contributed by atoms with Crippen LogP contribution in [0.1, 0.15) is 25.7 Å². The fourth-order valence-electron chi connectivity index (χ4n) is 2.14. The van der Waals surface area contributed by atoms with Crippen LogP contribution in [0.25, 0.3) is 0 Å². The maximum Gasteiger partial charge on any atom is 0.223 e. The van der Waals surface area contributed by atoms with E-state index in [1.54, 1.807) is 17.8 Å². The van der Waals surface area contributed by atoms with Crippen molar-refractivity contribution in [2.24, 2.45) is 5.92 Å². The molecule has 0 bridgehead atoms. The van der Waals surface area contributed by atoms with Gasteiger partial charge in [-0.3, -0.25) is 9.59 Å². The summed E-state index contributed by atoms with van der Waals surface area (Å²) < 4.78 is 0. The first-order valence-electron chi connectivity index (χ1n) is 6.37. The quantitative estimate of drug-likeness (QED) is 0.803. The third kappa shape index (κ3) is 2.61. The lowest BCUT2D eigenvalue weighted by atomic mass is 10.1. The number of ketones is 1. The highest BCUT2D eigenvalue weighted by Gasteiger charge is 2.30. The number of carbonyl (C=O) groups excluding carboxylic acids is 2. The molecule has 4 nitrogen and oxygen atoms in total. The summed E-state index contributed by atoms with van der Waals surface area (Å²) in [6, 6.07) is 0. The minimum absolute atomic E-state index is 0.172. The molecule has 0 aromatic rings. The summed E-state index contributed by atoms with van der Waals surface area (Å²) in [5.74, 6) is 0.651. The first kappa shape index (κ1) is 11.8. The first-order chi connectivity index (χ1) is 8.72. The van der Waals surface area contributed by atoms with Gasteiger partial charge in [-0.1, -0.05) is 0 Å². The number of thioether (sulfide) groups is 1. The zero-order valence-corrected chi connectivity index (χ0v) is 10.9. The van der Waals surface area contributed by atoms with Crippen LogP contribution in [0, 0.1) is 5.92 Å². The molecule has 1 amide bonds. The molecule has 3 rings (SSSR count). The van der Waals surface area contributed by atoms with Crippen LogP contribution in [0.5, 0.6) is 0 Å². The van der Waals surface area contributed by atoms with Crippen molar-refractivity contribution in [1.29, 1.82) is 0 Å². The fourth-order valence-corrected chi connectivity index (χ4v) is 3.38. The van der Waals surface area contributed by atoms with Gasteiger partial charge in [0.15, 0.2) is 5.78 Å². The van der Waals surface area contributed by atoms with Crippen molar-refractivity contribution in [3.05, 3.63) is 22.8 Å². The molecular weight excluding hydrogens is 248 g/mol. The van der Waals surface area contributed by atoms with Crippen LogP contribution in [-0.4, -0.2) is 23.6 Å². The Balaban J connectivity index is 1.42. The molecule has 3 aliphatic rings. The molecule has 0 saturated heterocycles. The largest absolute Gasteiger partial charge is 0.372 e. The van der Waals surface area contributed by atoms with E-state index in [4.69, 9.17) is 0 Å². The van der Waals surface area contributed by atoms with E-state index < -0.39 is 0 Å². The molecule has 96 valence electrons. The lowest BCUT2D eigenvalue weighted by Crippen LogP contribution is -2.30. The van der Waals surface area contributed by atoms with Crippen LogP contribution in [0.4, 0.5) is 0 Å². The van der Waals surface area contributed by atoms with Crippen molar-refractivity contribution in [1.82, 2.24) is 10.6 Å². The molecule has 0 spiro atoms. The minimum atomic E-state index is 0.172. The summed E-state index contributed by atoms with van der Waals surface area (Å²) in [5, 5.41) is 6.63. The first-order valence-corrected chi connectivity index (χ1v) is 7.25. The number of rotatable bonds is 4. The molecular formula is C13H16N2O2S. The Labute approximate surface area is 110 Å². The Morgan fingerprint density at radius 2 is 2.28 bits per heavy atom. The molecule has 0 aromatic carbocycles. The topological polar surface area (TPSA) is 58.2 Å². The third-order valence-corrected chi connectivity index (χ3v) is 4.61. The van der Waals surface area contributed by atoms with E-state index in [2.05, 4.69) is 10.6 Å². The van der Waals surface area contributed by atoms with E-state index in [1.807, 2.05) is 6.08 Å². The zero-order chi connectivity index (χ0) is 12.5. The minimum Gasteiger partial charge on any atom is -0.372 e. The number of hydrogen-bond acceptors (Lipinski definition) is 4. The second-order valence-electron chi connectivity index (χ2n) is 4.92. The highest BCUT2D eigenvalue weighted by molar-refractivity contribution is 8.03. The summed E-state index contributed by atoms with van der Waals surface area (Å²) in [4.78, 5) is 23.9. The van der Waals surface area contributed by atoms with Gasteiger partial charge in [-0.2, -0.15) is 0 Å². The summed E-state index contributed by atoms with van der Waals surface area (Å²) in [6.45, 7) is 0.707. The average molecular weight is 264 g/mol. The monoisotopic (exact) mass is 264 g/mol. The van der Waals surface area contributed by atoms with Crippen LogP contribution >= 0.6 is 11.8 Å². The molecule has 1 atom stereocenters. The van der Waals surface area contributed by atoms with E-state index in [0.717, 1.165) is 29.9 Å². The number of nitrogens with one attached hydrogen (secondary N) is 2. The van der Waals surface area contributed by atoms with Crippen LogP contribution in [0.15, 0.2) is 22.8 Å². The smallest absolute Gasteiger partial charge is 0.223 e. The Morgan fingerprint density at radius 3 is 3.06 bits per heavy atom. The molecule has 0 aromatic heterocycles. The Morgan fingerprint density at radius 1 is 1.44 bits per heavy atom. The van der Waals surface area contributed by atoms with Crippen molar-refractivity contribution < 1.29 is 9.59 Å². The maximum absolute atomic E-state index is 11.5. The molecule has 2 aliphatic carbocycles. The third-order valence-electron chi connectivity index (χ3n) is 3.33. The zero-order valence-electron chi connectivity index (χ0n) is 10.1. The fraction of sp³-hybridized carbons (Fsp3) is 0.538. The van der Waals surface area contributed by atoms with Gasteiger partial charge in [0.2, 0.25) is 5.91 Å². The summed E-state index contributed by atoms with van der Waals surface area (Å²) in [5.41, 5.74) is 1.08. The predicted octanol–water partition coefficient (Wildman–Crippen LogP) is 1.31. The number of allylic oxidation sites excluding steroid dienone is 3. The van der Waals surface area contributed by atoms with E-state index in [1.165, 1.54) is 0 Å². The van der Waals surface area contributed by atoms with Gasteiger partial charge in [0.1, 0.15) is 0 Å². The van der Waals surface area contributed by atoms with Gasteiger partial charge in [0.25, 0.3) is 0 Å². The maximum atomic E-state index is 11.5. The molecule has 1 fully saturated rings. The van der Waals surface area contributed by atoms with Gasteiger partial charge >= 0.3 is 0 Å². The van der Waals surface area contributed by atoms with Gasteiger partial charge < -0.3 is 10.6 Å². The highest BCUT2D eigenvalue weighted by Crippen LogP contribution is 2.36. The van der Waals surface area contributed by atoms with Gasteiger partial charge in [-0.15, -0.1) is 11.8 Å². The molecule has 1 saturated carbocycles. The summed E-state index contributed by atoms with van der Waals surface area (Å²) in [7, 11) is 0. The number of hydrogen-bond donors (Lipinski definition) is 2. The van der Waals surface area contributed by atoms with E-state index in [9.17, 15) is 9.59 Å². The van der Waals surface area contributed by atoms with E-state index in [0.29, 0.717) is 13.0 Å². The Hall–Kier alpha value is -1.23. The van der Waals surface area contributed by atoms with Gasteiger partial charge in [-0.05, 0) is 31.4 Å². The lowest BCUT2D eigenvalue weighted by molar-refractivity contribution is -0.122. The molecule has 0 radical (unpaired) electrons. The van der Waals surface area contributed by atoms with Crippen LogP contribution in [0.2, 0.25) is 0 Å². The van der Waals surface area contributed by atoms with Crippen molar-refractivity contribution in [2.75, 3.05) is 6.54 Å². The molecule has 18 heavy (non-hydrogen) atoms. The molecule has 5 heteroatoms. The SMILES string of the molecule is O=C1C=CC2=C(C1)SC(CCNC(=O)C1CC1)N2. The molecule has 1 heterocycles. The summed E-state index contributed by atoms with van der Waals surface area (Å²) >= 11 is 1.72. The van der Waals surface area contributed by atoms with Crippen LogP contribution in [-0.2, 0) is 9.59 Å². The number of amides is 1. The Bertz CT molecular complexity index is 452. The van der Waals surface area contributed by atoms with Crippen molar-refractivity contribution in [2.45, 2.75) is 31.1 Å².